The van der Waals surface area contributed by atoms with Gasteiger partial charge in [0.15, 0.2) is 10.3 Å². The van der Waals surface area contributed by atoms with Crippen molar-refractivity contribution in [2.24, 2.45) is 0 Å². The molecule has 0 radical (unpaired) electrons. The van der Waals surface area contributed by atoms with Crippen LogP contribution in [0.5, 0.6) is 0 Å². The van der Waals surface area contributed by atoms with Crippen LogP contribution in [-0.4, -0.2) is 24.0 Å². The summed E-state index contributed by atoms with van der Waals surface area (Å²) < 4.78 is 0.162. The molecule has 0 aromatic carbocycles. The van der Waals surface area contributed by atoms with Crippen molar-refractivity contribution in [1.82, 2.24) is 19.9 Å². The van der Waals surface area contributed by atoms with Crippen molar-refractivity contribution in [3.63, 3.8) is 0 Å². The maximum absolute atomic E-state index is 4.58. The van der Waals surface area contributed by atoms with E-state index < -0.39 is 0 Å². The van der Waals surface area contributed by atoms with Gasteiger partial charge in [0.1, 0.15) is 0 Å². The highest BCUT2D eigenvalue weighted by Gasteiger charge is 2.35. The lowest BCUT2D eigenvalue weighted by Crippen LogP contribution is -2.21. The predicted molar refractivity (Wildman–Crippen MR) is 116 cm³/mol. The Morgan fingerprint density at radius 3 is 1.42 bits per heavy atom. The van der Waals surface area contributed by atoms with Gasteiger partial charge in [-0.2, -0.15) is 0 Å². The molecular weight excluding hydrogens is 400 g/mol. The average molecular weight is 425 g/mol. The first-order chi connectivity index (χ1) is 12.4. The highest BCUT2D eigenvalue weighted by atomic mass is 33.1. The molecule has 0 bridgehead atoms. The number of rotatable bonds is 6. The normalized spacial score (nSPS) is 16.6. The van der Waals surface area contributed by atoms with Gasteiger partial charge in [0.25, 0.3) is 0 Å². The van der Waals surface area contributed by atoms with Crippen LogP contribution in [0, 0.1) is 27.7 Å². The minimum absolute atomic E-state index is 0.162. The Kier molecular flexibility index (Phi) is 7.16. The van der Waals surface area contributed by atoms with Crippen LogP contribution >= 0.6 is 43.2 Å². The predicted octanol–water partition coefficient (Wildman–Crippen LogP) is 6.34. The summed E-state index contributed by atoms with van der Waals surface area (Å²) in [6.07, 6.45) is 6.30. The van der Waals surface area contributed by atoms with E-state index in [1.165, 1.54) is 32.1 Å². The molecule has 1 saturated carbocycles. The lowest BCUT2D eigenvalue weighted by Gasteiger charge is -2.34. The molecule has 0 saturated heterocycles. The van der Waals surface area contributed by atoms with E-state index in [9.17, 15) is 0 Å². The summed E-state index contributed by atoms with van der Waals surface area (Å²) in [6.45, 7) is 8.12. The van der Waals surface area contributed by atoms with E-state index in [2.05, 4.69) is 19.9 Å². The van der Waals surface area contributed by atoms with Gasteiger partial charge in [-0.1, -0.05) is 40.9 Å². The monoisotopic (exact) mass is 424 g/mol. The summed E-state index contributed by atoms with van der Waals surface area (Å²) >= 11 is 0. The number of aryl methyl sites for hydroxylation is 4. The fourth-order valence-electron chi connectivity index (χ4n) is 2.96. The fraction of sp³-hybridized carbons (Fsp3) is 0.556. The Morgan fingerprint density at radius 2 is 1.04 bits per heavy atom. The Bertz CT molecular complexity index is 665. The molecule has 1 aliphatic rings. The average Bonchev–Trinajstić information content (AvgIpc) is 2.58. The maximum atomic E-state index is 4.58. The fourth-order valence-corrected chi connectivity index (χ4v) is 9.58. The molecule has 140 valence electrons. The molecule has 0 N–H and O–H groups in total. The van der Waals surface area contributed by atoms with Crippen LogP contribution in [0.15, 0.2) is 22.4 Å². The van der Waals surface area contributed by atoms with Gasteiger partial charge < -0.3 is 0 Å². The Hall–Kier alpha value is -0.440. The molecule has 2 aromatic heterocycles. The highest BCUT2D eigenvalue weighted by Crippen LogP contribution is 2.58. The summed E-state index contributed by atoms with van der Waals surface area (Å²) in [4.78, 5) is 18.3. The maximum Gasteiger partial charge on any atom is 0.198 e. The molecular formula is C18H24N4S4. The highest BCUT2D eigenvalue weighted by molar-refractivity contribution is 8.85. The van der Waals surface area contributed by atoms with Gasteiger partial charge in [0, 0.05) is 22.8 Å². The SMILES string of the molecule is Cc1cc(C)nc(SSC2(SSc3nc(C)cc(C)n3)CCCCC2)n1. The van der Waals surface area contributed by atoms with E-state index in [1.807, 2.05) is 61.4 Å². The molecule has 2 heterocycles. The van der Waals surface area contributed by atoms with Gasteiger partial charge in [0.2, 0.25) is 0 Å². The van der Waals surface area contributed by atoms with Gasteiger partial charge in [-0.05, 0) is 74.3 Å². The quantitative estimate of drug-likeness (QED) is 0.302. The Morgan fingerprint density at radius 1 is 0.654 bits per heavy atom. The summed E-state index contributed by atoms with van der Waals surface area (Å²) in [6, 6.07) is 4.04. The zero-order chi connectivity index (χ0) is 18.6. The summed E-state index contributed by atoms with van der Waals surface area (Å²) in [5.41, 5.74) is 4.13. The van der Waals surface area contributed by atoms with E-state index in [1.54, 1.807) is 21.6 Å². The molecule has 0 amide bonds. The second-order valence-electron chi connectivity index (χ2n) is 6.67. The molecule has 0 spiro atoms. The summed E-state index contributed by atoms with van der Waals surface area (Å²) in [5.74, 6) is 0. The van der Waals surface area contributed by atoms with Crippen LogP contribution in [0.3, 0.4) is 0 Å². The molecule has 1 aliphatic carbocycles. The molecule has 3 rings (SSSR count). The number of aromatic nitrogens is 4. The van der Waals surface area contributed by atoms with Crippen molar-refractivity contribution in [2.75, 3.05) is 0 Å². The van der Waals surface area contributed by atoms with Gasteiger partial charge in [-0.3, -0.25) is 0 Å². The molecule has 0 atom stereocenters. The minimum atomic E-state index is 0.162. The van der Waals surface area contributed by atoms with Crippen molar-refractivity contribution in [2.45, 2.75) is 74.2 Å². The lowest BCUT2D eigenvalue weighted by atomic mass is 10.00. The standard InChI is InChI=1S/C18H24N4S4/c1-12-10-13(2)20-16(19-12)23-25-18(8-6-5-7-9-18)26-24-17-21-14(3)11-15(4)22-17/h10-11H,5-9H2,1-4H3. The Balaban J connectivity index is 1.69. The van der Waals surface area contributed by atoms with E-state index >= 15 is 0 Å². The van der Waals surface area contributed by atoms with Gasteiger partial charge in [-0.15, -0.1) is 0 Å². The molecule has 26 heavy (non-hydrogen) atoms. The molecule has 1 fully saturated rings. The summed E-state index contributed by atoms with van der Waals surface area (Å²) in [5, 5.41) is 1.73. The van der Waals surface area contributed by atoms with Crippen LogP contribution in [0.25, 0.3) is 0 Å². The number of hydrogen-bond donors (Lipinski definition) is 0. The molecule has 2 aromatic rings. The summed E-state index contributed by atoms with van der Waals surface area (Å²) in [7, 11) is 7.27. The van der Waals surface area contributed by atoms with Crippen LogP contribution in [0.4, 0.5) is 0 Å². The largest absolute Gasteiger partial charge is 0.227 e. The first-order valence-corrected chi connectivity index (χ1v) is 13.1. The van der Waals surface area contributed by atoms with Gasteiger partial charge >= 0.3 is 0 Å². The third-order valence-corrected chi connectivity index (χ3v) is 10.8. The third-order valence-electron chi connectivity index (χ3n) is 4.08. The van der Waals surface area contributed by atoms with Crippen LogP contribution < -0.4 is 0 Å². The first kappa shape index (κ1) is 20.3. The molecule has 0 unspecified atom stereocenters. The van der Waals surface area contributed by atoms with Crippen molar-refractivity contribution in [3.05, 3.63) is 34.9 Å². The van der Waals surface area contributed by atoms with E-state index in [-0.39, 0.29) is 4.08 Å². The lowest BCUT2D eigenvalue weighted by molar-refractivity contribution is 0.494. The van der Waals surface area contributed by atoms with Crippen molar-refractivity contribution in [3.8, 4) is 0 Å². The first-order valence-electron chi connectivity index (χ1n) is 8.80. The van der Waals surface area contributed by atoms with Gasteiger partial charge in [-0.25, -0.2) is 19.9 Å². The van der Waals surface area contributed by atoms with Crippen LogP contribution in [-0.2, 0) is 0 Å². The Labute approximate surface area is 171 Å². The number of nitrogens with zero attached hydrogens (tertiary/aromatic N) is 4. The third kappa shape index (κ3) is 5.78. The number of hydrogen-bond acceptors (Lipinski definition) is 8. The minimum Gasteiger partial charge on any atom is -0.227 e. The van der Waals surface area contributed by atoms with E-state index in [0.29, 0.717) is 0 Å². The van der Waals surface area contributed by atoms with Crippen molar-refractivity contribution < 1.29 is 0 Å². The smallest absolute Gasteiger partial charge is 0.198 e. The molecule has 8 heteroatoms. The molecule has 4 nitrogen and oxygen atoms in total. The van der Waals surface area contributed by atoms with E-state index in [4.69, 9.17) is 0 Å². The van der Waals surface area contributed by atoms with Crippen molar-refractivity contribution >= 4 is 43.2 Å². The van der Waals surface area contributed by atoms with E-state index in [0.717, 1.165) is 33.1 Å². The van der Waals surface area contributed by atoms with Crippen LogP contribution in [0.2, 0.25) is 0 Å². The van der Waals surface area contributed by atoms with Crippen molar-refractivity contribution in [1.29, 1.82) is 0 Å². The zero-order valence-corrected chi connectivity index (χ0v) is 18.9. The van der Waals surface area contributed by atoms with Crippen LogP contribution in [0.1, 0.15) is 54.9 Å². The molecule has 0 aliphatic heterocycles. The topological polar surface area (TPSA) is 51.6 Å². The zero-order valence-electron chi connectivity index (χ0n) is 15.6. The second kappa shape index (κ2) is 9.17. The van der Waals surface area contributed by atoms with Gasteiger partial charge in [0.05, 0.1) is 4.08 Å². The second-order valence-corrected chi connectivity index (χ2v) is 11.9.